The van der Waals surface area contributed by atoms with Gasteiger partial charge in [-0.2, -0.15) is 0 Å². The van der Waals surface area contributed by atoms with Gasteiger partial charge in [-0.1, -0.05) is 17.7 Å². The van der Waals surface area contributed by atoms with Gasteiger partial charge in [-0.3, -0.25) is 0 Å². The fraction of sp³-hybridized carbons (Fsp3) is 0.167. The number of halogens is 2. The number of thiazole rings is 1. The Morgan fingerprint density at radius 3 is 2.79 bits per heavy atom. The number of aromatic nitrogens is 1. The Bertz CT molecular complexity index is 644. The van der Waals surface area contributed by atoms with E-state index in [1.165, 1.54) is 12.1 Å². The van der Waals surface area contributed by atoms with Crippen molar-refractivity contribution in [3.63, 3.8) is 0 Å². The second-order valence-electron chi connectivity index (χ2n) is 3.82. The first-order valence-electron chi connectivity index (χ1n) is 5.23. The third-order valence-corrected chi connectivity index (χ3v) is 3.73. The Hall–Kier alpha value is -1.50. The molecular weight excluding hydrogens is 293 g/mol. The molecule has 0 aliphatic carbocycles. The number of benzene rings is 1. The van der Waals surface area contributed by atoms with Crippen molar-refractivity contribution in [3.05, 3.63) is 50.2 Å². The molecule has 0 radical (unpaired) electrons. The van der Waals surface area contributed by atoms with Crippen LogP contribution in [0.3, 0.4) is 0 Å². The van der Waals surface area contributed by atoms with E-state index in [1.54, 1.807) is 6.92 Å². The molecular formula is C12H9ClFNO3S. The van der Waals surface area contributed by atoms with Gasteiger partial charge in [-0.05, 0) is 19.1 Å². The maximum absolute atomic E-state index is 13.7. The van der Waals surface area contributed by atoms with Gasteiger partial charge in [-0.25, -0.2) is 14.2 Å². The molecule has 4 nitrogen and oxygen atoms in total. The maximum Gasteiger partial charge on any atom is 0.355 e. The van der Waals surface area contributed by atoms with Crippen LogP contribution in [0, 0.1) is 12.7 Å². The molecule has 2 aromatic rings. The van der Waals surface area contributed by atoms with Gasteiger partial charge in [0.05, 0.1) is 9.88 Å². The highest BCUT2D eigenvalue weighted by Crippen LogP contribution is 2.32. The summed E-state index contributed by atoms with van der Waals surface area (Å²) in [4.78, 5) is 14.9. The van der Waals surface area contributed by atoms with Crippen LogP contribution in [0.15, 0.2) is 18.2 Å². The largest absolute Gasteiger partial charge is 0.476 e. The maximum atomic E-state index is 13.7. The van der Waals surface area contributed by atoms with Crippen molar-refractivity contribution in [1.82, 2.24) is 4.98 Å². The van der Waals surface area contributed by atoms with E-state index >= 15 is 0 Å². The van der Waals surface area contributed by atoms with Crippen LogP contribution >= 0.6 is 22.9 Å². The lowest BCUT2D eigenvalue weighted by Gasteiger charge is -2.10. The zero-order chi connectivity index (χ0) is 14.2. The predicted molar refractivity (Wildman–Crippen MR) is 69.3 cm³/mol. The van der Waals surface area contributed by atoms with Gasteiger partial charge < -0.3 is 10.2 Å². The molecule has 2 rings (SSSR count). The predicted octanol–water partition coefficient (Wildman–Crippen LogP) is 3.02. The van der Waals surface area contributed by atoms with Crippen LogP contribution in [0.5, 0.6) is 0 Å². The minimum Gasteiger partial charge on any atom is -0.476 e. The number of aromatic carboxylic acids is 1. The summed E-state index contributed by atoms with van der Waals surface area (Å²) in [7, 11) is 0. The van der Waals surface area contributed by atoms with Crippen LogP contribution in [0.25, 0.3) is 0 Å². The molecule has 1 atom stereocenters. The van der Waals surface area contributed by atoms with E-state index in [0.29, 0.717) is 5.01 Å². The summed E-state index contributed by atoms with van der Waals surface area (Å²) >= 11 is 6.64. The third-order valence-electron chi connectivity index (χ3n) is 2.47. The molecule has 1 heterocycles. The quantitative estimate of drug-likeness (QED) is 0.914. The van der Waals surface area contributed by atoms with Gasteiger partial charge in [-0.15, -0.1) is 11.3 Å². The molecule has 2 N–H and O–H groups in total. The van der Waals surface area contributed by atoms with E-state index in [9.17, 15) is 14.3 Å². The molecule has 0 bridgehead atoms. The molecule has 0 fully saturated rings. The second kappa shape index (κ2) is 5.24. The van der Waals surface area contributed by atoms with E-state index in [4.69, 9.17) is 16.7 Å². The summed E-state index contributed by atoms with van der Waals surface area (Å²) in [6, 6.07) is 3.81. The molecule has 19 heavy (non-hydrogen) atoms. The van der Waals surface area contributed by atoms with E-state index < -0.39 is 17.9 Å². The lowest BCUT2D eigenvalue weighted by molar-refractivity contribution is 0.0685. The van der Waals surface area contributed by atoms with E-state index in [1.807, 2.05) is 0 Å². The Kier molecular flexibility index (Phi) is 3.84. The Morgan fingerprint density at radius 1 is 1.53 bits per heavy atom. The molecule has 1 aromatic heterocycles. The average Bonchev–Trinajstić information content (AvgIpc) is 2.70. The van der Waals surface area contributed by atoms with Gasteiger partial charge >= 0.3 is 5.97 Å². The fourth-order valence-corrected chi connectivity index (χ4v) is 2.73. The number of aliphatic hydroxyl groups is 1. The van der Waals surface area contributed by atoms with Gasteiger partial charge in [0.2, 0.25) is 0 Å². The van der Waals surface area contributed by atoms with Crippen molar-refractivity contribution in [3.8, 4) is 0 Å². The molecule has 0 aliphatic heterocycles. The minimum atomic E-state index is -1.38. The SMILES string of the molecule is Cc1nc(C(=O)O)c(C(O)c2ccc(Cl)cc2F)s1. The molecule has 0 amide bonds. The van der Waals surface area contributed by atoms with Crippen molar-refractivity contribution in [2.45, 2.75) is 13.0 Å². The molecule has 0 aliphatic rings. The van der Waals surface area contributed by atoms with Crippen molar-refractivity contribution >= 4 is 28.9 Å². The summed E-state index contributed by atoms with van der Waals surface area (Å²) in [6.45, 7) is 1.62. The number of carbonyl (C=O) groups is 1. The van der Waals surface area contributed by atoms with Crippen LogP contribution in [-0.2, 0) is 0 Å². The highest BCUT2D eigenvalue weighted by molar-refractivity contribution is 7.12. The fourth-order valence-electron chi connectivity index (χ4n) is 1.65. The Labute approximate surface area is 117 Å². The number of nitrogens with zero attached hydrogens (tertiary/aromatic N) is 1. The Balaban J connectivity index is 2.49. The van der Waals surface area contributed by atoms with Crippen LogP contribution in [0.2, 0.25) is 5.02 Å². The lowest BCUT2D eigenvalue weighted by atomic mass is 10.1. The number of hydrogen-bond donors (Lipinski definition) is 2. The summed E-state index contributed by atoms with van der Waals surface area (Å²) in [5, 5.41) is 19.8. The summed E-state index contributed by atoms with van der Waals surface area (Å²) in [5.41, 5.74) is -0.292. The molecule has 0 spiro atoms. The first kappa shape index (κ1) is 13.9. The first-order chi connectivity index (χ1) is 8.90. The molecule has 7 heteroatoms. The molecule has 100 valence electrons. The van der Waals surface area contributed by atoms with Crippen LogP contribution < -0.4 is 0 Å². The number of aryl methyl sites for hydroxylation is 1. The van der Waals surface area contributed by atoms with E-state index in [-0.39, 0.29) is 21.2 Å². The molecule has 1 unspecified atom stereocenters. The number of carboxylic acid groups (broad SMARTS) is 1. The Morgan fingerprint density at radius 2 is 2.21 bits per heavy atom. The zero-order valence-electron chi connectivity index (χ0n) is 9.72. The van der Waals surface area contributed by atoms with Crippen LogP contribution in [-0.4, -0.2) is 21.2 Å². The number of rotatable bonds is 3. The van der Waals surface area contributed by atoms with Crippen molar-refractivity contribution < 1.29 is 19.4 Å². The number of aliphatic hydroxyl groups excluding tert-OH is 1. The van der Waals surface area contributed by atoms with Crippen molar-refractivity contribution in [1.29, 1.82) is 0 Å². The number of carboxylic acids is 1. The lowest BCUT2D eigenvalue weighted by Crippen LogP contribution is -2.07. The first-order valence-corrected chi connectivity index (χ1v) is 6.43. The highest BCUT2D eigenvalue weighted by atomic mass is 35.5. The van der Waals surface area contributed by atoms with Crippen LogP contribution in [0.1, 0.15) is 32.0 Å². The van der Waals surface area contributed by atoms with E-state index in [0.717, 1.165) is 17.4 Å². The third kappa shape index (κ3) is 2.75. The smallest absolute Gasteiger partial charge is 0.355 e. The van der Waals surface area contributed by atoms with Crippen molar-refractivity contribution in [2.75, 3.05) is 0 Å². The normalized spacial score (nSPS) is 12.4. The van der Waals surface area contributed by atoms with Gasteiger partial charge in [0.15, 0.2) is 5.69 Å². The minimum absolute atomic E-state index is 0.0319. The standard InChI is InChI=1S/C12H9ClFNO3S/c1-5-15-9(12(17)18)11(19-5)10(16)7-3-2-6(13)4-8(7)14/h2-4,10,16H,1H3,(H,17,18). The summed E-state index contributed by atoms with van der Waals surface area (Å²) in [5.74, 6) is -1.95. The molecule has 1 aromatic carbocycles. The second-order valence-corrected chi connectivity index (χ2v) is 5.49. The average molecular weight is 302 g/mol. The summed E-state index contributed by atoms with van der Waals surface area (Å²) < 4.78 is 13.7. The number of hydrogen-bond acceptors (Lipinski definition) is 4. The van der Waals surface area contributed by atoms with Gasteiger partial charge in [0.1, 0.15) is 11.9 Å². The van der Waals surface area contributed by atoms with Crippen LogP contribution in [0.4, 0.5) is 4.39 Å². The molecule has 0 saturated heterocycles. The van der Waals surface area contributed by atoms with E-state index in [2.05, 4.69) is 4.98 Å². The van der Waals surface area contributed by atoms with Crippen molar-refractivity contribution in [2.24, 2.45) is 0 Å². The monoisotopic (exact) mass is 301 g/mol. The highest BCUT2D eigenvalue weighted by Gasteiger charge is 2.25. The van der Waals surface area contributed by atoms with Gasteiger partial charge in [0.25, 0.3) is 0 Å². The zero-order valence-corrected chi connectivity index (χ0v) is 11.3. The summed E-state index contributed by atoms with van der Waals surface area (Å²) in [6.07, 6.45) is -1.38. The van der Waals surface area contributed by atoms with Gasteiger partial charge in [0, 0.05) is 10.6 Å². The molecule has 0 saturated carbocycles. The topological polar surface area (TPSA) is 70.4 Å².